The Bertz CT molecular complexity index is 439. The van der Waals surface area contributed by atoms with Crippen molar-refractivity contribution >= 4 is 28.2 Å². The summed E-state index contributed by atoms with van der Waals surface area (Å²) in [6.07, 6.45) is 0.974. The highest BCUT2D eigenvalue weighted by Gasteiger charge is 2.24. The second-order valence-electron chi connectivity index (χ2n) is 5.13. The van der Waals surface area contributed by atoms with Crippen LogP contribution < -0.4 is 11.1 Å². The minimum absolute atomic E-state index is 0.221. The predicted octanol–water partition coefficient (Wildman–Crippen LogP) is 1.39. The van der Waals surface area contributed by atoms with Crippen molar-refractivity contribution in [3.63, 3.8) is 0 Å². The molecule has 0 fully saturated rings. The number of rotatable bonds is 6. The lowest BCUT2D eigenvalue weighted by Gasteiger charge is -2.25. The number of amides is 1. The number of thiazole rings is 1. The van der Waals surface area contributed by atoms with Gasteiger partial charge in [0.05, 0.1) is 5.60 Å². The molecule has 1 aromatic heterocycles. The van der Waals surface area contributed by atoms with Crippen LogP contribution in [0.4, 0.5) is 10.9 Å². The van der Waals surface area contributed by atoms with Crippen molar-refractivity contribution in [3.05, 3.63) is 4.88 Å². The summed E-state index contributed by atoms with van der Waals surface area (Å²) >= 11 is 1.24. The van der Waals surface area contributed by atoms with Crippen molar-refractivity contribution in [1.29, 1.82) is 0 Å². The van der Waals surface area contributed by atoms with Crippen molar-refractivity contribution < 1.29 is 9.90 Å². The Balaban J connectivity index is 2.79. The quantitative estimate of drug-likeness (QED) is 0.735. The lowest BCUT2D eigenvalue weighted by Crippen LogP contribution is -2.39. The average molecular weight is 286 g/mol. The van der Waals surface area contributed by atoms with Crippen LogP contribution in [0.5, 0.6) is 0 Å². The van der Waals surface area contributed by atoms with Gasteiger partial charge >= 0.3 is 0 Å². The maximum absolute atomic E-state index is 12.2. The van der Waals surface area contributed by atoms with Gasteiger partial charge in [-0.2, -0.15) is 0 Å². The van der Waals surface area contributed by atoms with Crippen molar-refractivity contribution in [1.82, 2.24) is 9.88 Å². The number of aliphatic hydroxyl groups is 1. The molecule has 0 spiro atoms. The smallest absolute Gasteiger partial charge is 0.267 e. The highest BCUT2D eigenvalue weighted by molar-refractivity contribution is 7.18. The fourth-order valence-electron chi connectivity index (χ4n) is 1.62. The van der Waals surface area contributed by atoms with Crippen molar-refractivity contribution in [3.8, 4) is 0 Å². The number of aromatic nitrogens is 1. The largest absolute Gasteiger partial charge is 0.389 e. The van der Waals surface area contributed by atoms with Gasteiger partial charge in [0.15, 0.2) is 5.13 Å². The van der Waals surface area contributed by atoms with E-state index in [2.05, 4.69) is 10.3 Å². The average Bonchev–Trinajstić information content (AvgIpc) is 2.64. The highest BCUT2D eigenvalue weighted by Crippen LogP contribution is 2.26. The molecule has 4 N–H and O–H groups in total. The Kier molecular flexibility index (Phi) is 5.13. The molecule has 0 aliphatic carbocycles. The Morgan fingerprint density at radius 1 is 1.58 bits per heavy atom. The molecule has 19 heavy (non-hydrogen) atoms. The molecular formula is C12H22N4O2S. The van der Waals surface area contributed by atoms with E-state index in [1.807, 2.05) is 6.92 Å². The normalized spacial score (nSPS) is 11.4. The summed E-state index contributed by atoms with van der Waals surface area (Å²) in [7, 11) is 1.64. The first kappa shape index (κ1) is 15.7. The van der Waals surface area contributed by atoms with E-state index in [0.717, 1.165) is 13.0 Å². The summed E-state index contributed by atoms with van der Waals surface area (Å²) < 4.78 is 0. The topological polar surface area (TPSA) is 91.5 Å². The molecule has 0 atom stereocenters. The maximum Gasteiger partial charge on any atom is 0.267 e. The molecule has 0 saturated heterocycles. The summed E-state index contributed by atoms with van der Waals surface area (Å²) in [5, 5.41) is 13.5. The first-order valence-electron chi connectivity index (χ1n) is 6.22. The number of nitrogen functional groups attached to an aromatic ring is 1. The van der Waals surface area contributed by atoms with Crippen molar-refractivity contribution in [2.45, 2.75) is 32.8 Å². The van der Waals surface area contributed by atoms with Gasteiger partial charge < -0.3 is 21.1 Å². The van der Waals surface area contributed by atoms with Crippen LogP contribution in [-0.2, 0) is 0 Å². The van der Waals surface area contributed by atoms with E-state index < -0.39 is 5.60 Å². The first-order chi connectivity index (χ1) is 8.74. The minimum Gasteiger partial charge on any atom is -0.389 e. The third-order valence-electron chi connectivity index (χ3n) is 2.34. The molecule has 6 nitrogen and oxygen atoms in total. The van der Waals surface area contributed by atoms with Gasteiger partial charge in [0.1, 0.15) is 10.7 Å². The van der Waals surface area contributed by atoms with E-state index in [9.17, 15) is 9.90 Å². The van der Waals surface area contributed by atoms with Crippen molar-refractivity contribution in [2.24, 2.45) is 0 Å². The second-order valence-corrected chi connectivity index (χ2v) is 6.13. The van der Waals surface area contributed by atoms with Crippen LogP contribution in [0.2, 0.25) is 0 Å². The third-order valence-corrected chi connectivity index (χ3v) is 3.36. The Morgan fingerprint density at radius 3 is 2.74 bits per heavy atom. The molecule has 7 heteroatoms. The highest BCUT2D eigenvalue weighted by atomic mass is 32.1. The van der Waals surface area contributed by atoms with Crippen LogP contribution in [0.25, 0.3) is 0 Å². The number of likely N-dealkylation sites (N-methyl/N-ethyl adjacent to an activating group) is 1. The monoisotopic (exact) mass is 286 g/mol. The molecule has 0 saturated carbocycles. The van der Waals surface area contributed by atoms with E-state index in [1.165, 1.54) is 16.2 Å². The fraction of sp³-hybridized carbons (Fsp3) is 0.667. The van der Waals surface area contributed by atoms with Crippen LogP contribution in [0.1, 0.15) is 36.9 Å². The summed E-state index contributed by atoms with van der Waals surface area (Å²) in [6, 6.07) is 0. The van der Waals surface area contributed by atoms with Gasteiger partial charge in [0, 0.05) is 20.1 Å². The standard InChI is InChI=1S/C12H22N4O2S/c1-5-6-14-11-15-9(13)8(19-11)10(17)16(4)7-12(2,3)18/h18H,5-7,13H2,1-4H3,(H,14,15). The van der Waals surface area contributed by atoms with Gasteiger partial charge in [-0.05, 0) is 20.3 Å². The maximum atomic E-state index is 12.2. The van der Waals surface area contributed by atoms with Gasteiger partial charge in [-0.3, -0.25) is 4.79 Å². The predicted molar refractivity (Wildman–Crippen MR) is 78.6 cm³/mol. The molecule has 1 amide bonds. The van der Waals surface area contributed by atoms with Crippen LogP contribution >= 0.6 is 11.3 Å². The minimum atomic E-state index is -0.937. The number of carbonyl (C=O) groups excluding carboxylic acids is 1. The molecular weight excluding hydrogens is 264 g/mol. The van der Waals surface area contributed by atoms with E-state index in [4.69, 9.17) is 5.73 Å². The van der Waals surface area contributed by atoms with Crippen LogP contribution in [0.15, 0.2) is 0 Å². The van der Waals surface area contributed by atoms with Gasteiger partial charge in [-0.15, -0.1) is 0 Å². The molecule has 1 aromatic rings. The van der Waals surface area contributed by atoms with Gasteiger partial charge in [0.2, 0.25) is 0 Å². The molecule has 0 bridgehead atoms. The Labute approximate surface area is 117 Å². The Hall–Kier alpha value is -1.34. The lowest BCUT2D eigenvalue weighted by atomic mass is 10.1. The van der Waals surface area contributed by atoms with E-state index in [-0.39, 0.29) is 18.3 Å². The number of carbonyl (C=O) groups is 1. The SMILES string of the molecule is CCCNc1nc(N)c(C(=O)N(C)CC(C)(C)O)s1. The summed E-state index contributed by atoms with van der Waals surface area (Å²) in [5.74, 6) is 0.0119. The zero-order valence-corrected chi connectivity index (χ0v) is 12.7. The van der Waals surface area contributed by atoms with Gasteiger partial charge in [-0.1, -0.05) is 18.3 Å². The van der Waals surface area contributed by atoms with Crippen LogP contribution in [0, 0.1) is 0 Å². The molecule has 1 rings (SSSR count). The van der Waals surface area contributed by atoms with E-state index >= 15 is 0 Å². The first-order valence-corrected chi connectivity index (χ1v) is 7.04. The van der Waals surface area contributed by atoms with Gasteiger partial charge in [0.25, 0.3) is 5.91 Å². The fourth-order valence-corrected chi connectivity index (χ4v) is 2.52. The van der Waals surface area contributed by atoms with Crippen molar-refractivity contribution in [2.75, 3.05) is 31.2 Å². The molecule has 0 aliphatic rings. The number of nitrogens with zero attached hydrogens (tertiary/aromatic N) is 2. The third kappa shape index (κ3) is 4.68. The van der Waals surface area contributed by atoms with Gasteiger partial charge in [-0.25, -0.2) is 4.98 Å². The number of hydrogen-bond donors (Lipinski definition) is 3. The number of anilines is 2. The zero-order chi connectivity index (χ0) is 14.6. The molecule has 108 valence electrons. The second kappa shape index (κ2) is 6.21. The summed E-state index contributed by atoms with van der Waals surface area (Å²) in [4.78, 5) is 18.2. The number of hydrogen-bond acceptors (Lipinski definition) is 6. The van der Waals surface area contributed by atoms with Crippen LogP contribution in [0.3, 0.4) is 0 Å². The number of nitrogens with one attached hydrogen (secondary N) is 1. The Morgan fingerprint density at radius 2 is 2.21 bits per heavy atom. The molecule has 1 heterocycles. The molecule has 0 aromatic carbocycles. The summed E-state index contributed by atoms with van der Waals surface area (Å²) in [5.41, 5.74) is 4.83. The van der Waals surface area contributed by atoms with E-state index in [0.29, 0.717) is 10.0 Å². The molecule has 0 radical (unpaired) electrons. The lowest BCUT2D eigenvalue weighted by molar-refractivity contribution is 0.0371. The zero-order valence-electron chi connectivity index (χ0n) is 11.9. The van der Waals surface area contributed by atoms with Crippen LogP contribution in [-0.4, -0.2) is 46.6 Å². The molecule has 0 aliphatic heterocycles. The van der Waals surface area contributed by atoms with E-state index in [1.54, 1.807) is 20.9 Å². The molecule has 0 unspecified atom stereocenters. The summed E-state index contributed by atoms with van der Waals surface area (Å²) in [6.45, 7) is 6.39. The number of nitrogens with two attached hydrogens (primary N) is 1.